The third-order valence-electron chi connectivity index (χ3n) is 12.0. The molecule has 3 aliphatic heterocycles. The van der Waals surface area contributed by atoms with Crippen molar-refractivity contribution in [3.05, 3.63) is 106 Å². The normalized spacial score (nSPS) is 15.0. The standard InChI is InChI=1S/C18H21NO5S.C18H23NO4S.C16H19NO3S/c1-22-18(21)24-15-11-19(12-15)17(20)5-8-23-7-4-13-2-3-16-14(10-13)6-9-25-16;1-21-18(20)23-16-12-19(13-16)7-2-8-22-9-5-14-3-4-17-15(11-14)6-10-24-17;18-14-10-17(11-14)16(19)4-7-20-6-3-12-1-2-15-13(9-12)5-8-21-15/h2-3,6,9-10,15H,4-5,7-8,11-12H2,1H3;3-4,6,10-11,16H,2,5,7-9,12-13H2,1H3;1-2,5,8-9,14,18H,3-4,6-7,10-11H2. The summed E-state index contributed by atoms with van der Waals surface area (Å²) in [5, 5.41) is 19.3. The molecular weight excluding hydrogens is 955 g/mol. The van der Waals surface area contributed by atoms with Crippen molar-refractivity contribution >= 4 is 88.4 Å². The molecule has 3 saturated heterocycles. The maximum Gasteiger partial charge on any atom is 0.508 e. The lowest BCUT2D eigenvalue weighted by atomic mass is 10.1. The number of hydrogen-bond acceptors (Lipinski definition) is 16. The second kappa shape index (κ2) is 27.4. The van der Waals surface area contributed by atoms with Gasteiger partial charge in [-0.05, 0) is 111 Å². The molecule has 0 aliphatic carbocycles. The quantitative estimate of drug-likeness (QED) is 0.0543. The Bertz CT molecular complexity index is 2580. The molecule has 0 saturated carbocycles. The third kappa shape index (κ3) is 16.4. The van der Waals surface area contributed by atoms with E-state index >= 15 is 0 Å². The van der Waals surface area contributed by atoms with Crippen molar-refractivity contribution in [3.8, 4) is 0 Å². The van der Waals surface area contributed by atoms with Crippen molar-refractivity contribution in [2.24, 2.45) is 0 Å². The lowest BCUT2D eigenvalue weighted by Crippen LogP contribution is -2.55. The van der Waals surface area contributed by atoms with E-state index in [0.717, 1.165) is 58.5 Å². The average molecular weight is 1020 g/mol. The van der Waals surface area contributed by atoms with Crippen LogP contribution in [-0.4, -0.2) is 162 Å². The minimum atomic E-state index is -0.707. The summed E-state index contributed by atoms with van der Waals surface area (Å²) in [7, 11) is 2.59. The second-order valence-corrected chi connectivity index (χ2v) is 20.1. The molecule has 3 aromatic heterocycles. The molecule has 6 heterocycles. The molecule has 1 N–H and O–H groups in total. The van der Waals surface area contributed by atoms with Crippen LogP contribution in [0, 0.1) is 0 Å². The first-order chi connectivity index (χ1) is 34.1. The van der Waals surface area contributed by atoms with Gasteiger partial charge in [-0.2, -0.15) is 0 Å². The zero-order valence-electron chi connectivity index (χ0n) is 39.8. The van der Waals surface area contributed by atoms with E-state index in [1.54, 1.807) is 43.8 Å². The average Bonchev–Trinajstić information content (AvgIpc) is 4.13. The van der Waals surface area contributed by atoms with Crippen LogP contribution in [0.5, 0.6) is 0 Å². The van der Waals surface area contributed by atoms with E-state index in [4.69, 9.17) is 28.8 Å². The fourth-order valence-corrected chi connectivity index (χ4v) is 10.3. The number of rotatable bonds is 21. The van der Waals surface area contributed by atoms with Gasteiger partial charge >= 0.3 is 12.3 Å². The summed E-state index contributed by atoms with van der Waals surface area (Å²) in [6, 6.07) is 25.9. The number of carbonyl (C=O) groups is 4. The van der Waals surface area contributed by atoms with E-state index in [0.29, 0.717) is 65.4 Å². The second-order valence-electron chi connectivity index (χ2n) is 17.2. The molecule has 0 atom stereocenters. The van der Waals surface area contributed by atoms with Crippen LogP contribution in [0.1, 0.15) is 36.0 Å². The topological polar surface area (TPSA) is 163 Å². The van der Waals surface area contributed by atoms with Crippen LogP contribution < -0.4 is 0 Å². The minimum Gasteiger partial charge on any atom is -0.438 e. The first-order valence-corrected chi connectivity index (χ1v) is 26.3. The Morgan fingerprint density at radius 1 is 0.529 bits per heavy atom. The van der Waals surface area contributed by atoms with Gasteiger partial charge in [-0.15, -0.1) is 34.0 Å². The number of aliphatic hydroxyl groups excluding tert-OH is 1. The summed E-state index contributed by atoms with van der Waals surface area (Å²) in [5.74, 6) is 0.0874. The highest BCUT2D eigenvalue weighted by atomic mass is 32.1. The number of fused-ring (bicyclic) bond motifs is 3. The molecule has 9 rings (SSSR count). The highest BCUT2D eigenvalue weighted by Crippen LogP contribution is 2.24. The van der Waals surface area contributed by atoms with Crippen LogP contribution in [0.2, 0.25) is 0 Å². The van der Waals surface area contributed by atoms with E-state index in [2.05, 4.69) is 103 Å². The lowest BCUT2D eigenvalue weighted by Gasteiger charge is -2.37. The molecule has 3 aromatic carbocycles. The van der Waals surface area contributed by atoms with E-state index in [1.165, 1.54) is 61.2 Å². The Balaban J connectivity index is 0.000000155. The maximum atomic E-state index is 12.0. The predicted molar refractivity (Wildman–Crippen MR) is 273 cm³/mol. The first kappa shape index (κ1) is 52.6. The van der Waals surface area contributed by atoms with Crippen LogP contribution in [0.25, 0.3) is 30.3 Å². The number of benzene rings is 3. The fourth-order valence-electron chi connectivity index (χ4n) is 7.94. The van der Waals surface area contributed by atoms with Crippen molar-refractivity contribution in [2.45, 2.75) is 56.8 Å². The number of methoxy groups -OCH3 is 2. The molecule has 0 radical (unpaired) electrons. The maximum absolute atomic E-state index is 12.0. The van der Waals surface area contributed by atoms with Gasteiger partial charge in [-0.1, -0.05) is 36.4 Å². The summed E-state index contributed by atoms with van der Waals surface area (Å²) in [4.78, 5) is 51.1. The molecular formula is C52H63N3O12S3. The van der Waals surface area contributed by atoms with Crippen LogP contribution in [0.3, 0.4) is 0 Å². The SMILES string of the molecule is COC(=O)OC1CN(C(=O)CCOCCc2ccc3sccc3c2)C1.COC(=O)OC1CN(CCCOCCc2ccc3sccc3c2)C1.O=C(CCOCCc1ccc2sccc2c1)N1CC(O)C1. The van der Waals surface area contributed by atoms with Crippen LogP contribution in [0.15, 0.2) is 88.9 Å². The van der Waals surface area contributed by atoms with E-state index < -0.39 is 12.3 Å². The molecule has 0 unspecified atom stereocenters. The van der Waals surface area contributed by atoms with E-state index in [9.17, 15) is 19.2 Å². The summed E-state index contributed by atoms with van der Waals surface area (Å²) < 4.78 is 39.7. The van der Waals surface area contributed by atoms with Gasteiger partial charge in [0.05, 0.1) is 79.3 Å². The number of carbonyl (C=O) groups excluding carboxylic acids is 4. The Kier molecular flexibility index (Phi) is 20.6. The summed E-state index contributed by atoms with van der Waals surface area (Å²) in [5.41, 5.74) is 3.83. The summed E-state index contributed by atoms with van der Waals surface area (Å²) in [6.45, 7) is 7.94. The van der Waals surface area contributed by atoms with Gasteiger partial charge in [0, 0.05) is 53.4 Å². The zero-order chi connectivity index (χ0) is 49.1. The van der Waals surface area contributed by atoms with E-state index in [-0.39, 0.29) is 30.1 Å². The van der Waals surface area contributed by atoms with Crippen molar-refractivity contribution in [1.29, 1.82) is 0 Å². The molecule has 2 amide bonds. The van der Waals surface area contributed by atoms with Crippen LogP contribution >= 0.6 is 34.0 Å². The Labute approximate surface area is 420 Å². The van der Waals surface area contributed by atoms with Crippen molar-refractivity contribution in [1.82, 2.24) is 14.7 Å². The molecule has 3 fully saturated rings. The Morgan fingerprint density at radius 2 is 0.929 bits per heavy atom. The van der Waals surface area contributed by atoms with Gasteiger partial charge in [0.2, 0.25) is 11.8 Å². The van der Waals surface area contributed by atoms with Gasteiger partial charge in [-0.3, -0.25) is 14.5 Å². The first-order valence-electron chi connectivity index (χ1n) is 23.7. The highest BCUT2D eigenvalue weighted by Gasteiger charge is 2.33. The highest BCUT2D eigenvalue weighted by molar-refractivity contribution is 7.17. The monoisotopic (exact) mass is 1020 g/mol. The fraction of sp³-hybridized carbons (Fsp3) is 0.462. The molecule has 15 nitrogen and oxygen atoms in total. The van der Waals surface area contributed by atoms with Crippen LogP contribution in [0.4, 0.5) is 9.59 Å². The van der Waals surface area contributed by atoms with Gasteiger partial charge in [0.1, 0.15) is 12.2 Å². The van der Waals surface area contributed by atoms with Gasteiger partial charge < -0.3 is 48.1 Å². The molecule has 18 heteroatoms. The summed E-state index contributed by atoms with van der Waals surface area (Å²) >= 11 is 5.26. The molecule has 0 bridgehead atoms. The predicted octanol–water partition coefficient (Wildman–Crippen LogP) is 8.22. The van der Waals surface area contributed by atoms with Gasteiger partial charge in [-0.25, -0.2) is 9.59 Å². The van der Waals surface area contributed by atoms with Crippen molar-refractivity contribution in [3.63, 3.8) is 0 Å². The molecule has 0 spiro atoms. The molecule has 376 valence electrons. The molecule has 3 aliphatic rings. The Hall–Kier alpha value is -5.18. The number of thiophene rings is 3. The van der Waals surface area contributed by atoms with Crippen molar-refractivity contribution < 1.29 is 57.4 Å². The third-order valence-corrected chi connectivity index (χ3v) is 14.7. The number of amides is 2. The number of hydrogen-bond donors (Lipinski definition) is 1. The Morgan fingerprint density at radius 3 is 1.34 bits per heavy atom. The number of nitrogens with zero attached hydrogens (tertiary/aromatic N) is 3. The largest absolute Gasteiger partial charge is 0.508 e. The number of likely N-dealkylation sites (tertiary alicyclic amines) is 3. The number of aliphatic hydroxyl groups is 1. The number of ether oxygens (including phenoxy) is 7. The smallest absolute Gasteiger partial charge is 0.438 e. The summed E-state index contributed by atoms with van der Waals surface area (Å²) in [6.07, 6.45) is 2.46. The van der Waals surface area contributed by atoms with E-state index in [1.807, 2.05) is 0 Å². The van der Waals surface area contributed by atoms with Crippen molar-refractivity contribution in [2.75, 3.05) is 99.7 Å². The zero-order valence-corrected chi connectivity index (χ0v) is 42.3. The lowest BCUT2D eigenvalue weighted by molar-refractivity contribution is -0.143. The molecule has 6 aromatic rings. The molecule has 70 heavy (non-hydrogen) atoms. The van der Waals surface area contributed by atoms with Gasteiger partial charge in [0.15, 0.2) is 0 Å². The van der Waals surface area contributed by atoms with Gasteiger partial charge in [0.25, 0.3) is 0 Å². The minimum absolute atomic E-state index is 0.0180. The van der Waals surface area contributed by atoms with Crippen LogP contribution in [-0.2, 0) is 62.0 Å². The number of β-amino-alcohol motifs (C(OH)–C–C–N with tert-alkyl or cyclic N) is 1.